The van der Waals surface area contributed by atoms with Gasteiger partial charge in [-0.1, -0.05) is 174 Å². The van der Waals surface area contributed by atoms with Gasteiger partial charge in [-0.3, -0.25) is 0 Å². The Labute approximate surface area is 254 Å². The minimum absolute atomic E-state index is 0.533. The SMILES string of the molecule is C[Si](C1c2ccccc2-c2ccccc21)(C1c2ccccc2-c2ccccc21)C1CCCCCC1C1CCCCCC1. The summed E-state index contributed by atoms with van der Waals surface area (Å²) in [6, 6.07) is 38.2. The molecule has 0 nitrogen and oxygen atoms in total. The molecular weight excluding hydrogens is 521 g/mol. The molecule has 0 bridgehead atoms. The third-order valence-corrected chi connectivity index (χ3v) is 18.3. The molecule has 0 aliphatic heterocycles. The first kappa shape index (κ1) is 26.7. The maximum atomic E-state index is 2.92. The predicted molar refractivity (Wildman–Crippen MR) is 181 cm³/mol. The van der Waals surface area contributed by atoms with Crippen LogP contribution in [0.5, 0.6) is 0 Å². The number of hydrogen-bond acceptors (Lipinski definition) is 0. The van der Waals surface area contributed by atoms with Crippen LogP contribution in [0.3, 0.4) is 0 Å². The zero-order valence-corrected chi connectivity index (χ0v) is 26.4. The number of benzene rings is 4. The van der Waals surface area contributed by atoms with E-state index >= 15 is 0 Å². The van der Waals surface area contributed by atoms with E-state index in [2.05, 4.69) is 104 Å². The van der Waals surface area contributed by atoms with Crippen LogP contribution in [0.4, 0.5) is 0 Å². The highest BCUT2D eigenvalue weighted by Gasteiger charge is 2.58. The van der Waals surface area contributed by atoms with Crippen molar-refractivity contribution >= 4 is 8.07 Å². The van der Waals surface area contributed by atoms with Gasteiger partial charge in [0.1, 0.15) is 0 Å². The first-order valence-corrected chi connectivity index (χ1v) is 19.9. The summed E-state index contributed by atoms with van der Waals surface area (Å²) in [4.78, 5) is 0. The number of hydrogen-bond donors (Lipinski definition) is 0. The van der Waals surface area contributed by atoms with Gasteiger partial charge in [-0.2, -0.15) is 0 Å². The fraction of sp³-hybridized carbons (Fsp3) is 0.415. The Kier molecular flexibility index (Phi) is 6.98. The van der Waals surface area contributed by atoms with Gasteiger partial charge in [0.05, 0.1) is 8.07 Å². The van der Waals surface area contributed by atoms with Gasteiger partial charge in [-0.15, -0.1) is 0 Å². The Morgan fingerprint density at radius 3 is 1.24 bits per heavy atom. The molecule has 2 atom stereocenters. The molecule has 0 N–H and O–H groups in total. The molecule has 0 saturated heterocycles. The fourth-order valence-corrected chi connectivity index (χ4v) is 17.7. The minimum atomic E-state index is -2.18. The summed E-state index contributed by atoms with van der Waals surface area (Å²) in [5.41, 5.74) is 14.5. The van der Waals surface area contributed by atoms with Crippen molar-refractivity contribution in [3.05, 3.63) is 119 Å². The first-order chi connectivity index (χ1) is 20.8. The third kappa shape index (κ3) is 4.14. The van der Waals surface area contributed by atoms with E-state index < -0.39 is 8.07 Å². The van der Waals surface area contributed by atoms with Crippen molar-refractivity contribution in [2.45, 2.75) is 93.8 Å². The molecule has 2 fully saturated rings. The highest BCUT2D eigenvalue weighted by molar-refractivity contribution is 6.84. The molecular formula is C41H46Si. The minimum Gasteiger partial charge on any atom is -0.0675 e. The van der Waals surface area contributed by atoms with Crippen LogP contribution in [-0.4, -0.2) is 8.07 Å². The Hall–Kier alpha value is -2.90. The molecule has 1 heteroatoms. The molecule has 8 rings (SSSR count). The zero-order valence-electron chi connectivity index (χ0n) is 25.4. The highest BCUT2D eigenvalue weighted by Crippen LogP contribution is 2.64. The summed E-state index contributed by atoms with van der Waals surface area (Å²) in [7, 11) is -2.18. The van der Waals surface area contributed by atoms with Crippen LogP contribution in [0.2, 0.25) is 12.1 Å². The van der Waals surface area contributed by atoms with Crippen molar-refractivity contribution in [3.63, 3.8) is 0 Å². The summed E-state index contributed by atoms with van der Waals surface area (Å²) < 4.78 is 0. The molecule has 4 aromatic carbocycles. The number of fused-ring (bicyclic) bond motifs is 6. The van der Waals surface area contributed by atoms with E-state index in [0.717, 1.165) is 17.4 Å². The lowest BCUT2D eigenvalue weighted by Gasteiger charge is -2.51. The van der Waals surface area contributed by atoms with Gasteiger partial charge < -0.3 is 0 Å². The van der Waals surface area contributed by atoms with Crippen LogP contribution in [-0.2, 0) is 0 Å². The maximum absolute atomic E-state index is 2.92. The van der Waals surface area contributed by atoms with E-state index in [-0.39, 0.29) is 0 Å². The van der Waals surface area contributed by atoms with Gasteiger partial charge in [0, 0.05) is 11.1 Å². The number of rotatable bonds is 4. The lowest BCUT2D eigenvalue weighted by Crippen LogP contribution is -2.52. The molecule has 42 heavy (non-hydrogen) atoms. The quantitative estimate of drug-likeness (QED) is 0.170. The topological polar surface area (TPSA) is 0 Å². The van der Waals surface area contributed by atoms with Crippen LogP contribution in [0.1, 0.15) is 104 Å². The summed E-state index contributed by atoms with van der Waals surface area (Å²) in [6.07, 6.45) is 16.0. The Balaban J connectivity index is 1.40. The average molecular weight is 567 g/mol. The van der Waals surface area contributed by atoms with Crippen LogP contribution < -0.4 is 0 Å². The van der Waals surface area contributed by atoms with Gasteiger partial charge in [-0.05, 0) is 61.9 Å². The lowest BCUT2D eigenvalue weighted by atomic mass is 9.81. The Morgan fingerprint density at radius 2 is 0.786 bits per heavy atom. The van der Waals surface area contributed by atoms with Crippen LogP contribution in [0.25, 0.3) is 22.3 Å². The van der Waals surface area contributed by atoms with E-state index in [0.29, 0.717) is 11.1 Å². The van der Waals surface area contributed by atoms with Crippen LogP contribution >= 0.6 is 0 Å². The highest BCUT2D eigenvalue weighted by atomic mass is 28.3. The molecule has 2 saturated carbocycles. The molecule has 2 unspecified atom stereocenters. The van der Waals surface area contributed by atoms with Gasteiger partial charge in [-0.25, -0.2) is 0 Å². The van der Waals surface area contributed by atoms with E-state index in [1.54, 1.807) is 22.3 Å². The monoisotopic (exact) mass is 566 g/mol. The summed E-state index contributed by atoms with van der Waals surface area (Å²) in [5.74, 6) is 1.79. The second-order valence-corrected chi connectivity index (χ2v) is 18.9. The van der Waals surface area contributed by atoms with Crippen LogP contribution in [0, 0.1) is 11.8 Å². The molecule has 4 aliphatic carbocycles. The van der Waals surface area contributed by atoms with Crippen molar-refractivity contribution in [2.75, 3.05) is 0 Å². The van der Waals surface area contributed by atoms with Gasteiger partial charge in [0.2, 0.25) is 0 Å². The van der Waals surface area contributed by atoms with Gasteiger partial charge in [0.25, 0.3) is 0 Å². The summed E-state index contributed by atoms with van der Waals surface area (Å²) in [6.45, 7) is 2.92. The summed E-state index contributed by atoms with van der Waals surface area (Å²) >= 11 is 0. The van der Waals surface area contributed by atoms with Crippen molar-refractivity contribution in [1.29, 1.82) is 0 Å². The van der Waals surface area contributed by atoms with Gasteiger partial charge >= 0.3 is 0 Å². The van der Waals surface area contributed by atoms with Gasteiger partial charge in [0.15, 0.2) is 0 Å². The van der Waals surface area contributed by atoms with Crippen molar-refractivity contribution in [2.24, 2.45) is 11.8 Å². The summed E-state index contributed by atoms with van der Waals surface area (Å²) in [5, 5.41) is 0. The second kappa shape index (κ2) is 11.0. The molecule has 0 radical (unpaired) electrons. The Bertz CT molecular complexity index is 1390. The molecule has 0 aromatic heterocycles. The largest absolute Gasteiger partial charge is 0.0793 e. The molecule has 0 amide bonds. The average Bonchev–Trinajstić information content (AvgIpc) is 3.25. The predicted octanol–water partition coefficient (Wildman–Crippen LogP) is 11.7. The van der Waals surface area contributed by atoms with Crippen molar-refractivity contribution in [1.82, 2.24) is 0 Å². The standard InChI is InChI=1S/C41H46Si/c1-42(39-28-8-4-7-19-30(39)29-17-5-2-3-6-18-29,40-35-24-13-9-20-31(35)32-21-10-14-25-36(32)40)41-37-26-15-11-22-33(37)34-23-12-16-27-38(34)41/h9-16,20-27,29-30,39-41H,2-8,17-19,28H2,1H3. The molecule has 0 heterocycles. The fourth-order valence-electron chi connectivity index (χ4n) is 10.7. The molecule has 0 spiro atoms. The van der Waals surface area contributed by atoms with E-state index in [9.17, 15) is 0 Å². The van der Waals surface area contributed by atoms with E-state index in [1.807, 2.05) is 0 Å². The smallest absolute Gasteiger partial charge is 0.0675 e. The van der Waals surface area contributed by atoms with E-state index in [4.69, 9.17) is 0 Å². The molecule has 4 aromatic rings. The van der Waals surface area contributed by atoms with Crippen molar-refractivity contribution in [3.8, 4) is 22.3 Å². The zero-order chi connectivity index (χ0) is 28.1. The maximum Gasteiger partial charge on any atom is 0.0793 e. The second-order valence-electron chi connectivity index (χ2n) is 14.2. The third-order valence-electron chi connectivity index (χ3n) is 12.3. The van der Waals surface area contributed by atoms with Crippen LogP contribution in [0.15, 0.2) is 97.1 Å². The first-order valence-electron chi connectivity index (χ1n) is 17.1. The molecule has 214 valence electrons. The lowest BCUT2D eigenvalue weighted by molar-refractivity contribution is 0.262. The van der Waals surface area contributed by atoms with E-state index in [1.165, 1.54) is 92.9 Å². The molecule has 4 aliphatic rings. The Morgan fingerprint density at radius 1 is 0.429 bits per heavy atom. The normalized spacial score (nSPS) is 23.0. The van der Waals surface area contributed by atoms with Crippen molar-refractivity contribution < 1.29 is 0 Å².